The molecule has 0 saturated heterocycles. The van der Waals surface area contributed by atoms with E-state index in [1.54, 1.807) is 12.1 Å². The van der Waals surface area contributed by atoms with Crippen molar-refractivity contribution in [3.8, 4) is 11.3 Å². The molecule has 1 aliphatic carbocycles. The third-order valence-corrected chi connectivity index (χ3v) is 3.83. The molecule has 0 atom stereocenters. The predicted molar refractivity (Wildman–Crippen MR) is 76.0 cm³/mol. The molecule has 1 N–H and O–H groups in total. The fraction of sp³-hybridized carbons (Fsp3) is 0.312. The summed E-state index contributed by atoms with van der Waals surface area (Å²) in [4.78, 5) is 12.2. The van der Waals surface area contributed by atoms with Crippen molar-refractivity contribution in [2.45, 2.75) is 25.8 Å². The quantitative estimate of drug-likeness (QED) is 0.915. The molecular formula is C16H17FN2O. The first-order valence-electron chi connectivity index (χ1n) is 6.79. The zero-order valence-corrected chi connectivity index (χ0v) is 11.6. The Balaban J connectivity index is 1.95. The maximum atomic E-state index is 13.0. The smallest absolute Gasteiger partial charge is 0.253 e. The molecule has 1 saturated carbocycles. The Morgan fingerprint density at radius 3 is 2.55 bits per heavy atom. The molecule has 2 aromatic rings. The Morgan fingerprint density at radius 2 is 1.95 bits per heavy atom. The van der Waals surface area contributed by atoms with Gasteiger partial charge in [-0.3, -0.25) is 4.79 Å². The van der Waals surface area contributed by atoms with Gasteiger partial charge in [0.2, 0.25) is 0 Å². The van der Waals surface area contributed by atoms with E-state index < -0.39 is 0 Å². The molecule has 3 nitrogen and oxygen atoms in total. The molecule has 104 valence electrons. The third-order valence-electron chi connectivity index (χ3n) is 3.83. The average Bonchev–Trinajstić information content (AvgIpc) is 3.19. The first kappa shape index (κ1) is 12.9. The monoisotopic (exact) mass is 272 g/mol. The second kappa shape index (κ2) is 4.78. The Labute approximate surface area is 117 Å². The van der Waals surface area contributed by atoms with E-state index in [1.165, 1.54) is 12.1 Å². The van der Waals surface area contributed by atoms with Crippen LogP contribution in [0.5, 0.6) is 0 Å². The minimum Gasteiger partial charge on any atom is -0.349 e. The Bertz CT molecular complexity index is 654. The Hall–Kier alpha value is -2.10. The largest absolute Gasteiger partial charge is 0.349 e. The molecule has 1 heterocycles. The molecule has 0 unspecified atom stereocenters. The van der Waals surface area contributed by atoms with E-state index in [1.807, 2.05) is 24.6 Å². The van der Waals surface area contributed by atoms with Gasteiger partial charge in [-0.1, -0.05) is 0 Å². The SMILES string of the molecule is Cc1c(C(=O)NC2CC2)cc(-c2ccc(F)cc2)n1C. The maximum absolute atomic E-state index is 13.0. The highest BCUT2D eigenvalue weighted by Crippen LogP contribution is 2.26. The number of halogens is 1. The molecule has 0 radical (unpaired) electrons. The van der Waals surface area contributed by atoms with E-state index in [0.717, 1.165) is 29.8 Å². The standard InChI is InChI=1S/C16H17FN2O/c1-10-14(16(20)18-13-7-8-13)9-15(19(10)2)11-3-5-12(17)6-4-11/h3-6,9,13H,7-8H2,1-2H3,(H,18,20). The minimum atomic E-state index is -0.258. The van der Waals surface area contributed by atoms with Crippen LogP contribution in [0.25, 0.3) is 11.3 Å². The molecule has 0 bridgehead atoms. The van der Waals surface area contributed by atoms with Crippen molar-refractivity contribution in [2.24, 2.45) is 7.05 Å². The van der Waals surface area contributed by atoms with Crippen LogP contribution in [0.15, 0.2) is 30.3 Å². The summed E-state index contributed by atoms with van der Waals surface area (Å²) in [6, 6.07) is 8.54. The summed E-state index contributed by atoms with van der Waals surface area (Å²) in [5.41, 5.74) is 3.44. The van der Waals surface area contributed by atoms with Gasteiger partial charge in [0.05, 0.1) is 5.56 Å². The van der Waals surface area contributed by atoms with Crippen LogP contribution in [0.4, 0.5) is 4.39 Å². The lowest BCUT2D eigenvalue weighted by molar-refractivity contribution is 0.0950. The number of carbonyl (C=O) groups excluding carboxylic acids is 1. The molecule has 1 aliphatic rings. The van der Waals surface area contributed by atoms with Crippen LogP contribution >= 0.6 is 0 Å². The molecule has 4 heteroatoms. The minimum absolute atomic E-state index is 0.0195. The van der Waals surface area contributed by atoms with Gasteiger partial charge in [0, 0.05) is 24.5 Å². The lowest BCUT2D eigenvalue weighted by atomic mass is 10.1. The molecule has 0 aliphatic heterocycles. The second-order valence-electron chi connectivity index (χ2n) is 5.34. The normalized spacial score (nSPS) is 14.3. The molecule has 1 aromatic heterocycles. The van der Waals surface area contributed by atoms with Crippen molar-refractivity contribution >= 4 is 5.91 Å². The number of amides is 1. The van der Waals surface area contributed by atoms with Crippen molar-refractivity contribution in [3.63, 3.8) is 0 Å². The predicted octanol–water partition coefficient (Wildman–Crippen LogP) is 3.03. The molecular weight excluding hydrogens is 255 g/mol. The maximum Gasteiger partial charge on any atom is 0.253 e. The summed E-state index contributed by atoms with van der Waals surface area (Å²) in [7, 11) is 1.92. The van der Waals surface area contributed by atoms with Gasteiger partial charge in [-0.05, 0) is 55.7 Å². The lowest BCUT2D eigenvalue weighted by Crippen LogP contribution is -2.25. The van der Waals surface area contributed by atoms with E-state index in [-0.39, 0.29) is 11.7 Å². The fourth-order valence-corrected chi connectivity index (χ4v) is 2.32. The van der Waals surface area contributed by atoms with Gasteiger partial charge in [0.1, 0.15) is 5.82 Å². The third kappa shape index (κ3) is 2.33. The summed E-state index contributed by atoms with van der Waals surface area (Å²) in [5, 5.41) is 3.00. The number of nitrogens with one attached hydrogen (secondary N) is 1. The highest BCUT2D eigenvalue weighted by molar-refractivity contribution is 5.97. The second-order valence-corrected chi connectivity index (χ2v) is 5.34. The van der Waals surface area contributed by atoms with E-state index >= 15 is 0 Å². The molecule has 0 spiro atoms. The van der Waals surface area contributed by atoms with E-state index in [0.29, 0.717) is 11.6 Å². The van der Waals surface area contributed by atoms with E-state index in [9.17, 15) is 9.18 Å². The summed E-state index contributed by atoms with van der Waals surface area (Å²) in [5.74, 6) is -0.277. The van der Waals surface area contributed by atoms with Gasteiger partial charge in [-0.15, -0.1) is 0 Å². The Kier molecular flexibility index (Phi) is 3.08. The van der Waals surface area contributed by atoms with Gasteiger partial charge >= 0.3 is 0 Å². The summed E-state index contributed by atoms with van der Waals surface area (Å²) in [6.45, 7) is 1.93. The van der Waals surface area contributed by atoms with Crippen LogP contribution < -0.4 is 5.32 Å². The van der Waals surface area contributed by atoms with Crippen molar-refractivity contribution in [2.75, 3.05) is 0 Å². The molecule has 1 amide bonds. The number of nitrogens with zero attached hydrogens (tertiary/aromatic N) is 1. The van der Waals surface area contributed by atoms with Gasteiger partial charge in [0.25, 0.3) is 5.91 Å². The van der Waals surface area contributed by atoms with Crippen molar-refractivity contribution < 1.29 is 9.18 Å². The van der Waals surface area contributed by atoms with Crippen LogP contribution in [-0.2, 0) is 7.05 Å². The van der Waals surface area contributed by atoms with Gasteiger partial charge in [-0.2, -0.15) is 0 Å². The van der Waals surface area contributed by atoms with Crippen LogP contribution in [0, 0.1) is 12.7 Å². The number of hydrogen-bond acceptors (Lipinski definition) is 1. The van der Waals surface area contributed by atoms with Crippen molar-refractivity contribution in [1.29, 1.82) is 0 Å². The highest BCUT2D eigenvalue weighted by Gasteiger charge is 2.25. The van der Waals surface area contributed by atoms with Crippen molar-refractivity contribution in [1.82, 2.24) is 9.88 Å². The number of rotatable bonds is 3. The molecule has 1 fully saturated rings. The summed E-state index contributed by atoms with van der Waals surface area (Å²) in [6.07, 6.45) is 2.14. The fourth-order valence-electron chi connectivity index (χ4n) is 2.32. The van der Waals surface area contributed by atoms with E-state index in [2.05, 4.69) is 5.32 Å². The number of aromatic nitrogens is 1. The van der Waals surface area contributed by atoms with Gasteiger partial charge < -0.3 is 9.88 Å². The zero-order chi connectivity index (χ0) is 14.3. The van der Waals surface area contributed by atoms with Crippen LogP contribution in [0.1, 0.15) is 28.9 Å². The number of benzene rings is 1. The number of carbonyl (C=O) groups is 1. The number of hydrogen-bond donors (Lipinski definition) is 1. The van der Waals surface area contributed by atoms with Crippen LogP contribution in [-0.4, -0.2) is 16.5 Å². The van der Waals surface area contributed by atoms with Crippen LogP contribution in [0.3, 0.4) is 0 Å². The average molecular weight is 272 g/mol. The topological polar surface area (TPSA) is 34.0 Å². The van der Waals surface area contributed by atoms with Crippen molar-refractivity contribution in [3.05, 3.63) is 47.4 Å². The van der Waals surface area contributed by atoms with Gasteiger partial charge in [0.15, 0.2) is 0 Å². The van der Waals surface area contributed by atoms with Gasteiger partial charge in [-0.25, -0.2) is 4.39 Å². The van der Waals surface area contributed by atoms with E-state index in [4.69, 9.17) is 0 Å². The van der Waals surface area contributed by atoms with Crippen LogP contribution in [0.2, 0.25) is 0 Å². The summed E-state index contributed by atoms with van der Waals surface area (Å²) >= 11 is 0. The molecule has 1 aromatic carbocycles. The molecule has 3 rings (SSSR count). The summed E-state index contributed by atoms with van der Waals surface area (Å²) < 4.78 is 15.0. The zero-order valence-electron chi connectivity index (χ0n) is 11.6. The first-order chi connectivity index (χ1) is 9.56. The molecule has 20 heavy (non-hydrogen) atoms. The Morgan fingerprint density at radius 1 is 1.30 bits per heavy atom. The lowest BCUT2D eigenvalue weighted by Gasteiger charge is -2.05. The first-order valence-corrected chi connectivity index (χ1v) is 6.79. The highest BCUT2D eigenvalue weighted by atomic mass is 19.1.